The van der Waals surface area contributed by atoms with Crippen molar-refractivity contribution in [3.63, 3.8) is 0 Å². The van der Waals surface area contributed by atoms with E-state index in [1.807, 2.05) is 36.5 Å². The molecular weight excluding hydrogens is 234 g/mol. The molecule has 0 aliphatic carbocycles. The molecule has 0 atom stereocenters. The van der Waals surface area contributed by atoms with Crippen molar-refractivity contribution in [3.8, 4) is 10.4 Å². The van der Waals surface area contributed by atoms with Gasteiger partial charge in [0.25, 0.3) is 0 Å². The van der Waals surface area contributed by atoms with Gasteiger partial charge in [-0.15, -0.1) is 0 Å². The van der Waals surface area contributed by atoms with Crippen molar-refractivity contribution < 1.29 is 4.79 Å². The highest BCUT2D eigenvalue weighted by Gasteiger charge is 2.09. The maximum absolute atomic E-state index is 10.8. The molecule has 1 amide bonds. The molecule has 2 aromatic rings. The zero-order valence-electron chi connectivity index (χ0n) is 9.46. The van der Waals surface area contributed by atoms with Crippen LogP contribution in [0.1, 0.15) is 0 Å². The number of likely N-dealkylation sites (N-methyl/N-ethyl adjacent to an activating group) is 1. The van der Waals surface area contributed by atoms with Gasteiger partial charge in [-0.1, -0.05) is 41.7 Å². The van der Waals surface area contributed by atoms with Crippen molar-refractivity contribution in [1.29, 1.82) is 0 Å². The molecule has 2 rings (SSSR count). The number of nitrogens with two attached hydrogens (primary N) is 1. The van der Waals surface area contributed by atoms with E-state index in [1.54, 1.807) is 23.3 Å². The smallest absolute Gasteiger partial charge is 0.237 e. The van der Waals surface area contributed by atoms with E-state index in [2.05, 4.69) is 4.98 Å². The van der Waals surface area contributed by atoms with E-state index in [-0.39, 0.29) is 12.5 Å². The summed E-state index contributed by atoms with van der Waals surface area (Å²) in [7, 11) is 1.80. The maximum Gasteiger partial charge on any atom is 0.237 e. The molecule has 0 bridgehead atoms. The first-order chi connectivity index (χ1) is 8.16. The quantitative estimate of drug-likeness (QED) is 0.895. The molecule has 1 aromatic carbocycles. The van der Waals surface area contributed by atoms with Gasteiger partial charge in [-0.25, -0.2) is 4.98 Å². The van der Waals surface area contributed by atoms with Crippen LogP contribution < -0.4 is 10.6 Å². The number of aromatic nitrogens is 1. The number of primary amides is 1. The molecule has 0 spiro atoms. The number of hydrogen-bond acceptors (Lipinski definition) is 4. The number of rotatable bonds is 4. The Morgan fingerprint density at radius 3 is 2.76 bits per heavy atom. The molecule has 88 valence electrons. The average Bonchev–Trinajstić information content (AvgIpc) is 2.78. The van der Waals surface area contributed by atoms with E-state index in [4.69, 9.17) is 5.73 Å². The zero-order chi connectivity index (χ0) is 12.3. The fourth-order valence-corrected chi connectivity index (χ4v) is 2.36. The Bertz CT molecular complexity index is 509. The first-order valence-corrected chi connectivity index (χ1v) is 5.99. The number of nitrogens with zero attached hydrogens (tertiary/aromatic N) is 2. The van der Waals surface area contributed by atoms with Crippen LogP contribution in [0.3, 0.4) is 0 Å². The Kier molecular flexibility index (Phi) is 3.39. The van der Waals surface area contributed by atoms with Crippen LogP contribution in [0, 0.1) is 0 Å². The van der Waals surface area contributed by atoms with Gasteiger partial charge in [0, 0.05) is 13.2 Å². The lowest BCUT2D eigenvalue weighted by Crippen LogP contribution is -2.30. The molecule has 0 unspecified atom stereocenters. The monoisotopic (exact) mass is 247 g/mol. The lowest BCUT2D eigenvalue weighted by molar-refractivity contribution is -0.116. The molecular formula is C12H13N3OS. The summed E-state index contributed by atoms with van der Waals surface area (Å²) in [6.45, 7) is 0.182. The van der Waals surface area contributed by atoms with Gasteiger partial charge in [0.15, 0.2) is 5.13 Å². The lowest BCUT2D eigenvalue weighted by atomic mass is 10.2. The molecule has 5 heteroatoms. The van der Waals surface area contributed by atoms with Crippen molar-refractivity contribution in [3.05, 3.63) is 36.5 Å². The topological polar surface area (TPSA) is 59.2 Å². The summed E-state index contributed by atoms with van der Waals surface area (Å²) in [5, 5.41) is 0.794. The summed E-state index contributed by atoms with van der Waals surface area (Å²) < 4.78 is 0. The van der Waals surface area contributed by atoms with Crippen molar-refractivity contribution in [1.82, 2.24) is 4.98 Å². The molecule has 17 heavy (non-hydrogen) atoms. The molecule has 0 radical (unpaired) electrons. The Hall–Kier alpha value is -1.88. The van der Waals surface area contributed by atoms with E-state index in [0.717, 1.165) is 15.6 Å². The second-order valence-corrected chi connectivity index (χ2v) is 4.70. The van der Waals surface area contributed by atoms with Crippen LogP contribution in [0.4, 0.5) is 5.13 Å². The SMILES string of the molecule is CN(CC(N)=O)c1ncc(-c2ccccc2)s1. The van der Waals surface area contributed by atoms with Crippen LogP contribution >= 0.6 is 11.3 Å². The molecule has 0 fully saturated rings. The zero-order valence-corrected chi connectivity index (χ0v) is 10.3. The second-order valence-electron chi connectivity index (χ2n) is 3.70. The van der Waals surface area contributed by atoms with Crippen molar-refractivity contribution in [2.45, 2.75) is 0 Å². The van der Waals surface area contributed by atoms with Gasteiger partial charge in [-0.2, -0.15) is 0 Å². The van der Waals surface area contributed by atoms with E-state index >= 15 is 0 Å². The summed E-state index contributed by atoms with van der Waals surface area (Å²) in [6, 6.07) is 10.0. The standard InChI is InChI=1S/C12H13N3OS/c1-15(8-11(13)16)12-14-7-10(17-12)9-5-3-2-4-6-9/h2-7H,8H2,1H3,(H2,13,16). The van der Waals surface area contributed by atoms with Gasteiger partial charge in [-0.05, 0) is 5.56 Å². The number of thiazole rings is 1. The number of hydrogen-bond donors (Lipinski definition) is 1. The highest BCUT2D eigenvalue weighted by molar-refractivity contribution is 7.18. The Morgan fingerprint density at radius 2 is 2.12 bits per heavy atom. The summed E-state index contributed by atoms with van der Waals surface area (Å²) >= 11 is 1.54. The molecule has 0 saturated heterocycles. The molecule has 0 saturated carbocycles. The molecule has 1 heterocycles. The van der Waals surface area contributed by atoms with Crippen LogP contribution in [0.5, 0.6) is 0 Å². The van der Waals surface area contributed by atoms with Gasteiger partial charge in [0.1, 0.15) is 0 Å². The number of carbonyl (C=O) groups excluding carboxylic acids is 1. The average molecular weight is 247 g/mol. The van der Waals surface area contributed by atoms with Crippen molar-refractivity contribution >= 4 is 22.4 Å². The maximum atomic E-state index is 10.8. The van der Waals surface area contributed by atoms with E-state index < -0.39 is 0 Å². The third-order valence-corrected chi connectivity index (χ3v) is 3.43. The predicted octanol–water partition coefficient (Wildman–Crippen LogP) is 1.73. The highest BCUT2D eigenvalue weighted by Crippen LogP contribution is 2.30. The van der Waals surface area contributed by atoms with E-state index in [1.165, 1.54) is 0 Å². The molecule has 2 N–H and O–H groups in total. The largest absolute Gasteiger partial charge is 0.368 e. The summed E-state index contributed by atoms with van der Waals surface area (Å²) in [6.07, 6.45) is 1.81. The predicted molar refractivity (Wildman–Crippen MR) is 70.0 cm³/mol. The Labute approximate surface area is 104 Å². The fourth-order valence-electron chi connectivity index (χ4n) is 1.48. The fraction of sp³-hybridized carbons (Fsp3) is 0.167. The van der Waals surface area contributed by atoms with Crippen molar-refractivity contribution in [2.75, 3.05) is 18.5 Å². The normalized spacial score (nSPS) is 10.2. The molecule has 1 aromatic heterocycles. The summed E-state index contributed by atoms with van der Waals surface area (Å²) in [5.41, 5.74) is 6.27. The second kappa shape index (κ2) is 4.97. The van der Waals surface area contributed by atoms with Crippen LogP contribution in [0.15, 0.2) is 36.5 Å². The van der Waals surface area contributed by atoms with Crippen LogP contribution in [0.2, 0.25) is 0 Å². The third-order valence-electron chi connectivity index (χ3n) is 2.27. The molecule has 4 nitrogen and oxygen atoms in total. The van der Waals surface area contributed by atoms with Gasteiger partial charge >= 0.3 is 0 Å². The van der Waals surface area contributed by atoms with Crippen LogP contribution in [-0.2, 0) is 4.79 Å². The summed E-state index contributed by atoms with van der Waals surface area (Å²) in [4.78, 5) is 17.9. The van der Waals surface area contributed by atoms with Gasteiger partial charge in [-0.3, -0.25) is 4.79 Å². The van der Waals surface area contributed by atoms with Crippen LogP contribution in [-0.4, -0.2) is 24.5 Å². The minimum absolute atomic E-state index is 0.182. The van der Waals surface area contributed by atoms with Crippen LogP contribution in [0.25, 0.3) is 10.4 Å². The molecule has 0 aliphatic rings. The Balaban J connectivity index is 2.19. The number of anilines is 1. The van der Waals surface area contributed by atoms with Gasteiger partial charge in [0.2, 0.25) is 5.91 Å². The minimum atomic E-state index is -0.357. The number of benzene rings is 1. The molecule has 0 aliphatic heterocycles. The third kappa shape index (κ3) is 2.82. The van der Waals surface area contributed by atoms with Gasteiger partial charge in [0.05, 0.1) is 11.4 Å². The van der Waals surface area contributed by atoms with E-state index in [9.17, 15) is 4.79 Å². The Morgan fingerprint density at radius 1 is 1.41 bits per heavy atom. The first-order valence-electron chi connectivity index (χ1n) is 5.17. The number of carbonyl (C=O) groups is 1. The van der Waals surface area contributed by atoms with Gasteiger partial charge < -0.3 is 10.6 Å². The summed E-state index contributed by atoms with van der Waals surface area (Å²) in [5.74, 6) is -0.357. The highest BCUT2D eigenvalue weighted by atomic mass is 32.1. The first kappa shape index (κ1) is 11.6. The number of amides is 1. The van der Waals surface area contributed by atoms with Crippen molar-refractivity contribution in [2.24, 2.45) is 5.73 Å². The lowest BCUT2D eigenvalue weighted by Gasteiger charge is -2.12. The minimum Gasteiger partial charge on any atom is -0.368 e. The van der Waals surface area contributed by atoms with E-state index in [0.29, 0.717) is 0 Å².